The van der Waals surface area contributed by atoms with Crippen LogP contribution in [0.5, 0.6) is 0 Å². The Kier molecular flexibility index (Phi) is 4.86. The summed E-state index contributed by atoms with van der Waals surface area (Å²) in [5.41, 5.74) is -0.0592. The maximum atomic E-state index is 12.9. The quantitative estimate of drug-likeness (QED) is 0.665. The maximum Gasteiger partial charge on any atom is 0.240 e. The predicted molar refractivity (Wildman–Crippen MR) is 108 cm³/mol. The van der Waals surface area contributed by atoms with Gasteiger partial charge in [0.15, 0.2) is 0 Å². The lowest BCUT2D eigenvalue weighted by Gasteiger charge is -2.36. The van der Waals surface area contributed by atoms with E-state index in [1.807, 2.05) is 30.3 Å². The first-order chi connectivity index (χ1) is 12.6. The molecule has 1 N–H and O–H groups in total. The molecule has 0 spiro atoms. The number of rotatable bonds is 5. The van der Waals surface area contributed by atoms with Crippen molar-refractivity contribution in [2.24, 2.45) is 0 Å². The van der Waals surface area contributed by atoms with E-state index in [1.54, 1.807) is 23.5 Å². The molecule has 0 bridgehead atoms. The molecule has 5 heteroatoms. The SMILES string of the molecule is O=S(=O)(NCC1(c2cccs2)CCCCC1)c1ccc2ccccc2c1. The lowest BCUT2D eigenvalue weighted by atomic mass is 9.73. The van der Waals surface area contributed by atoms with Crippen LogP contribution in [0.1, 0.15) is 37.0 Å². The van der Waals surface area contributed by atoms with Crippen molar-refractivity contribution in [3.63, 3.8) is 0 Å². The van der Waals surface area contributed by atoms with Gasteiger partial charge >= 0.3 is 0 Å². The summed E-state index contributed by atoms with van der Waals surface area (Å²) in [7, 11) is -3.53. The minimum atomic E-state index is -3.53. The third kappa shape index (κ3) is 3.43. The summed E-state index contributed by atoms with van der Waals surface area (Å²) >= 11 is 1.74. The number of hydrogen-bond donors (Lipinski definition) is 1. The maximum absolute atomic E-state index is 12.9. The van der Waals surface area contributed by atoms with E-state index in [9.17, 15) is 8.42 Å². The second-order valence-corrected chi connectivity index (χ2v) is 9.87. The summed E-state index contributed by atoms with van der Waals surface area (Å²) in [5.74, 6) is 0. The van der Waals surface area contributed by atoms with E-state index >= 15 is 0 Å². The van der Waals surface area contributed by atoms with Crippen LogP contribution in [0.3, 0.4) is 0 Å². The third-order valence-electron chi connectivity index (χ3n) is 5.49. The Labute approximate surface area is 159 Å². The molecule has 0 amide bonds. The van der Waals surface area contributed by atoms with Crippen molar-refractivity contribution in [3.8, 4) is 0 Å². The van der Waals surface area contributed by atoms with Gasteiger partial charge in [-0.15, -0.1) is 11.3 Å². The molecular formula is C21H23NO2S2. The molecule has 0 aliphatic heterocycles. The molecular weight excluding hydrogens is 362 g/mol. The van der Waals surface area contributed by atoms with E-state index in [4.69, 9.17) is 0 Å². The Morgan fingerprint density at radius 1 is 0.923 bits per heavy atom. The smallest absolute Gasteiger partial charge is 0.210 e. The van der Waals surface area contributed by atoms with Gasteiger partial charge in [-0.2, -0.15) is 0 Å². The number of nitrogens with one attached hydrogen (secondary N) is 1. The average molecular weight is 386 g/mol. The van der Waals surface area contributed by atoms with Gasteiger partial charge in [-0.1, -0.05) is 55.7 Å². The lowest BCUT2D eigenvalue weighted by Crippen LogP contribution is -2.41. The van der Waals surface area contributed by atoms with Crippen LogP contribution >= 0.6 is 11.3 Å². The molecule has 1 aliphatic carbocycles. The number of fused-ring (bicyclic) bond motifs is 1. The van der Waals surface area contributed by atoms with Crippen molar-refractivity contribution in [2.45, 2.75) is 42.4 Å². The van der Waals surface area contributed by atoms with Gasteiger partial charge < -0.3 is 0 Å². The molecule has 3 aromatic rings. The van der Waals surface area contributed by atoms with Crippen molar-refractivity contribution in [1.82, 2.24) is 4.72 Å². The molecule has 4 rings (SSSR count). The minimum Gasteiger partial charge on any atom is -0.210 e. The van der Waals surface area contributed by atoms with Gasteiger partial charge in [0.1, 0.15) is 0 Å². The zero-order chi connectivity index (χ0) is 18.0. The fourth-order valence-electron chi connectivity index (χ4n) is 3.97. The molecule has 1 aliphatic rings. The molecule has 0 radical (unpaired) electrons. The van der Waals surface area contributed by atoms with Crippen LogP contribution in [-0.4, -0.2) is 15.0 Å². The molecule has 0 atom stereocenters. The first-order valence-corrected chi connectivity index (χ1v) is 11.5. The second-order valence-electron chi connectivity index (χ2n) is 7.15. The Balaban J connectivity index is 1.60. The molecule has 136 valence electrons. The third-order valence-corrected chi connectivity index (χ3v) is 8.00. The van der Waals surface area contributed by atoms with E-state index in [-0.39, 0.29) is 5.41 Å². The monoisotopic (exact) mass is 385 g/mol. The van der Waals surface area contributed by atoms with Crippen molar-refractivity contribution in [1.29, 1.82) is 0 Å². The van der Waals surface area contributed by atoms with Crippen LogP contribution in [0, 0.1) is 0 Å². The Hall–Kier alpha value is -1.69. The Morgan fingerprint density at radius 3 is 2.42 bits per heavy atom. The summed E-state index contributed by atoms with van der Waals surface area (Å²) in [6, 6.07) is 17.4. The lowest BCUT2D eigenvalue weighted by molar-refractivity contribution is 0.298. The summed E-state index contributed by atoms with van der Waals surface area (Å²) < 4.78 is 28.8. The standard InChI is InChI=1S/C21H23NO2S2/c23-26(24,19-11-10-17-7-2-3-8-18(17)15-19)22-16-21(12-4-1-5-13-21)20-9-6-14-25-20/h2-3,6-11,14-15,22H,1,4-5,12-13,16H2. The number of benzene rings is 2. The zero-order valence-electron chi connectivity index (χ0n) is 14.6. The first kappa shape index (κ1) is 17.7. The summed E-state index contributed by atoms with van der Waals surface area (Å²) in [4.78, 5) is 1.65. The van der Waals surface area contributed by atoms with Crippen molar-refractivity contribution >= 4 is 32.1 Å². The van der Waals surface area contributed by atoms with Gasteiger partial charge in [0.25, 0.3) is 0 Å². The van der Waals surface area contributed by atoms with Crippen molar-refractivity contribution < 1.29 is 8.42 Å². The number of sulfonamides is 1. The molecule has 1 heterocycles. The van der Waals surface area contributed by atoms with Gasteiger partial charge in [-0.05, 0) is 47.2 Å². The molecule has 1 aromatic heterocycles. The fraction of sp³-hybridized carbons (Fsp3) is 0.333. The van der Waals surface area contributed by atoms with E-state index in [0.717, 1.165) is 36.5 Å². The first-order valence-electron chi connectivity index (χ1n) is 9.12. The van der Waals surface area contributed by atoms with E-state index < -0.39 is 10.0 Å². The van der Waals surface area contributed by atoms with Gasteiger partial charge in [-0.25, -0.2) is 13.1 Å². The summed E-state index contributed by atoms with van der Waals surface area (Å²) in [6.07, 6.45) is 5.66. The normalized spacial score (nSPS) is 17.4. The second kappa shape index (κ2) is 7.14. The molecule has 1 fully saturated rings. The molecule has 0 unspecified atom stereocenters. The van der Waals surface area contributed by atoms with Gasteiger partial charge in [0.2, 0.25) is 10.0 Å². The number of hydrogen-bond acceptors (Lipinski definition) is 3. The topological polar surface area (TPSA) is 46.2 Å². The minimum absolute atomic E-state index is 0.0592. The van der Waals surface area contributed by atoms with E-state index in [1.165, 1.54) is 11.3 Å². The highest BCUT2D eigenvalue weighted by atomic mass is 32.2. The highest BCUT2D eigenvalue weighted by molar-refractivity contribution is 7.89. The van der Waals surface area contributed by atoms with Crippen LogP contribution < -0.4 is 4.72 Å². The highest BCUT2D eigenvalue weighted by Gasteiger charge is 2.36. The van der Waals surface area contributed by atoms with Crippen LogP contribution in [0.15, 0.2) is 64.9 Å². The highest BCUT2D eigenvalue weighted by Crippen LogP contribution is 2.41. The Morgan fingerprint density at radius 2 is 1.69 bits per heavy atom. The fourth-order valence-corrected chi connectivity index (χ4v) is 6.12. The molecule has 2 aromatic carbocycles. The zero-order valence-corrected chi connectivity index (χ0v) is 16.3. The molecule has 26 heavy (non-hydrogen) atoms. The Bertz CT molecular complexity index is 988. The van der Waals surface area contributed by atoms with Crippen LogP contribution in [0.25, 0.3) is 10.8 Å². The van der Waals surface area contributed by atoms with Gasteiger partial charge in [0.05, 0.1) is 4.90 Å². The summed E-state index contributed by atoms with van der Waals surface area (Å²) in [5, 5.41) is 4.08. The van der Waals surface area contributed by atoms with Gasteiger partial charge in [0, 0.05) is 16.8 Å². The predicted octanol–water partition coefficient (Wildman–Crippen LogP) is 5.08. The van der Waals surface area contributed by atoms with E-state index in [2.05, 4.69) is 22.2 Å². The van der Waals surface area contributed by atoms with Gasteiger partial charge in [-0.3, -0.25) is 0 Å². The van der Waals surface area contributed by atoms with Crippen LogP contribution in [0.4, 0.5) is 0 Å². The average Bonchev–Trinajstić information content (AvgIpc) is 3.22. The van der Waals surface area contributed by atoms with Crippen molar-refractivity contribution in [2.75, 3.05) is 6.54 Å². The molecule has 3 nitrogen and oxygen atoms in total. The van der Waals surface area contributed by atoms with Crippen molar-refractivity contribution in [3.05, 3.63) is 64.9 Å². The number of thiophene rings is 1. The molecule has 0 saturated heterocycles. The largest absolute Gasteiger partial charge is 0.240 e. The molecule has 1 saturated carbocycles. The van der Waals surface area contributed by atoms with E-state index in [0.29, 0.717) is 11.4 Å². The van der Waals surface area contributed by atoms with Crippen LogP contribution in [-0.2, 0) is 15.4 Å². The van der Waals surface area contributed by atoms with Crippen LogP contribution in [0.2, 0.25) is 0 Å². The summed E-state index contributed by atoms with van der Waals surface area (Å²) in [6.45, 7) is 0.475.